The summed E-state index contributed by atoms with van der Waals surface area (Å²) >= 11 is 1.91. The second kappa shape index (κ2) is 11.7. The van der Waals surface area contributed by atoms with Crippen molar-refractivity contribution in [1.29, 1.82) is 0 Å². The van der Waals surface area contributed by atoms with Crippen molar-refractivity contribution in [2.45, 2.75) is 12.3 Å². The highest BCUT2D eigenvalue weighted by Gasteiger charge is 2.28. The van der Waals surface area contributed by atoms with Gasteiger partial charge >= 0.3 is 0 Å². The van der Waals surface area contributed by atoms with Crippen LogP contribution in [0.3, 0.4) is 0 Å². The summed E-state index contributed by atoms with van der Waals surface area (Å²) in [5.41, 5.74) is 11.5. The van der Waals surface area contributed by atoms with E-state index in [-0.39, 0.29) is 0 Å². The third-order valence-corrected chi connectivity index (χ3v) is 12.5. The standard InChI is InChI=1S/C49H34N2S/c1-2-12-32(13-3-1)36-30-31-50(43-19-9-6-15-38(36)43)44-28-26-35(37-14-4-5-16-39(37)44)33-22-24-34(25-23-33)51-45-20-10-7-18-42(45)48-46(51)29-27-41-40-17-8-11-21-47(40)52-49(41)48/h1-29,36H,30-31H2. The van der Waals surface area contributed by atoms with E-state index in [1.807, 2.05) is 11.3 Å². The molecular formula is C49H34N2S. The molecular weight excluding hydrogens is 649 g/mol. The lowest BCUT2D eigenvalue weighted by Gasteiger charge is -2.37. The highest BCUT2D eigenvalue weighted by Crippen LogP contribution is 2.46. The van der Waals surface area contributed by atoms with Crippen LogP contribution in [0.1, 0.15) is 23.5 Å². The van der Waals surface area contributed by atoms with Crippen molar-refractivity contribution in [1.82, 2.24) is 4.57 Å². The van der Waals surface area contributed by atoms with Gasteiger partial charge in [0.1, 0.15) is 0 Å². The molecule has 0 saturated heterocycles. The molecule has 0 fully saturated rings. The van der Waals surface area contributed by atoms with Crippen molar-refractivity contribution < 1.29 is 0 Å². The normalized spacial score (nSPS) is 14.5. The van der Waals surface area contributed by atoms with Gasteiger partial charge in [0, 0.05) is 65.9 Å². The third kappa shape index (κ3) is 4.43. The van der Waals surface area contributed by atoms with Crippen LogP contribution in [0.2, 0.25) is 0 Å². The molecule has 11 rings (SSSR count). The van der Waals surface area contributed by atoms with E-state index >= 15 is 0 Å². The van der Waals surface area contributed by atoms with Gasteiger partial charge in [-0.1, -0.05) is 133 Å². The van der Waals surface area contributed by atoms with Crippen molar-refractivity contribution in [3.63, 3.8) is 0 Å². The van der Waals surface area contributed by atoms with E-state index in [2.05, 4.69) is 185 Å². The molecule has 10 aromatic rings. The van der Waals surface area contributed by atoms with Gasteiger partial charge in [0.15, 0.2) is 0 Å². The van der Waals surface area contributed by atoms with E-state index in [4.69, 9.17) is 0 Å². The van der Waals surface area contributed by atoms with Crippen LogP contribution in [0.5, 0.6) is 0 Å². The molecule has 2 aromatic heterocycles. The zero-order valence-electron chi connectivity index (χ0n) is 28.5. The predicted octanol–water partition coefficient (Wildman–Crippen LogP) is 13.6. The number of para-hydroxylation sites is 2. The largest absolute Gasteiger partial charge is 0.341 e. The summed E-state index contributed by atoms with van der Waals surface area (Å²) in [5.74, 6) is 0.406. The molecule has 0 amide bonds. The quantitative estimate of drug-likeness (QED) is 0.179. The Morgan fingerprint density at radius 3 is 2.06 bits per heavy atom. The zero-order chi connectivity index (χ0) is 34.2. The predicted molar refractivity (Wildman–Crippen MR) is 223 cm³/mol. The zero-order valence-corrected chi connectivity index (χ0v) is 29.4. The Kier molecular flexibility index (Phi) is 6.65. The van der Waals surface area contributed by atoms with Crippen LogP contribution in [0, 0.1) is 0 Å². The fourth-order valence-electron chi connectivity index (χ4n) is 8.92. The lowest BCUT2D eigenvalue weighted by Crippen LogP contribution is -2.27. The first-order chi connectivity index (χ1) is 25.8. The minimum atomic E-state index is 0.406. The lowest BCUT2D eigenvalue weighted by molar-refractivity contribution is 0.681. The monoisotopic (exact) mass is 682 g/mol. The average molecular weight is 683 g/mol. The number of nitrogens with zero attached hydrogens (tertiary/aromatic N) is 2. The Morgan fingerprint density at radius 1 is 0.481 bits per heavy atom. The first-order valence-electron chi connectivity index (χ1n) is 18.2. The van der Waals surface area contributed by atoms with Gasteiger partial charge < -0.3 is 9.47 Å². The average Bonchev–Trinajstić information content (AvgIpc) is 3.76. The molecule has 0 N–H and O–H groups in total. The SMILES string of the molecule is c1ccc(C2CCN(c3ccc(-c4ccc(-n5c6ccccc6c6c7sc8ccccc8c7ccc65)cc4)c4ccccc34)c3ccccc32)cc1. The molecule has 52 heavy (non-hydrogen) atoms. The van der Waals surface area contributed by atoms with Gasteiger partial charge in [0.25, 0.3) is 0 Å². The first kappa shape index (κ1) is 29.6. The van der Waals surface area contributed by atoms with E-state index in [9.17, 15) is 0 Å². The fourth-order valence-corrected chi connectivity index (χ4v) is 10.2. The lowest BCUT2D eigenvalue weighted by atomic mass is 9.84. The summed E-state index contributed by atoms with van der Waals surface area (Å²) in [6.07, 6.45) is 1.08. The number of anilines is 2. The van der Waals surface area contributed by atoms with Gasteiger partial charge in [0.05, 0.1) is 11.0 Å². The number of benzene rings is 8. The van der Waals surface area contributed by atoms with Crippen LogP contribution in [-0.2, 0) is 0 Å². The van der Waals surface area contributed by atoms with Crippen LogP contribution < -0.4 is 4.90 Å². The Balaban J connectivity index is 1.01. The number of hydrogen-bond acceptors (Lipinski definition) is 2. The summed E-state index contributed by atoms with van der Waals surface area (Å²) in [5, 5.41) is 7.88. The maximum atomic E-state index is 2.54. The van der Waals surface area contributed by atoms with E-state index in [0.29, 0.717) is 5.92 Å². The van der Waals surface area contributed by atoms with E-state index in [1.165, 1.54) is 92.1 Å². The van der Waals surface area contributed by atoms with Gasteiger partial charge in [-0.25, -0.2) is 0 Å². The molecule has 1 aliphatic rings. The molecule has 1 unspecified atom stereocenters. The highest BCUT2D eigenvalue weighted by molar-refractivity contribution is 7.26. The molecule has 1 aliphatic heterocycles. The minimum Gasteiger partial charge on any atom is -0.341 e. The maximum absolute atomic E-state index is 2.54. The molecule has 2 nitrogen and oxygen atoms in total. The van der Waals surface area contributed by atoms with Crippen molar-refractivity contribution in [2.75, 3.05) is 11.4 Å². The molecule has 3 heterocycles. The molecule has 3 heteroatoms. The Hall–Kier alpha value is -6.16. The van der Waals surface area contributed by atoms with E-state index in [0.717, 1.165) is 13.0 Å². The minimum absolute atomic E-state index is 0.406. The van der Waals surface area contributed by atoms with Gasteiger partial charge in [-0.3, -0.25) is 0 Å². The molecule has 0 saturated carbocycles. The molecule has 0 aliphatic carbocycles. The van der Waals surface area contributed by atoms with Crippen molar-refractivity contribution in [3.8, 4) is 16.8 Å². The van der Waals surface area contributed by atoms with E-state index < -0.39 is 0 Å². The highest BCUT2D eigenvalue weighted by atomic mass is 32.1. The first-order valence-corrected chi connectivity index (χ1v) is 19.0. The van der Waals surface area contributed by atoms with Gasteiger partial charge in [0.2, 0.25) is 0 Å². The topological polar surface area (TPSA) is 8.17 Å². The summed E-state index contributed by atoms with van der Waals surface area (Å²) in [7, 11) is 0. The van der Waals surface area contributed by atoms with Crippen LogP contribution in [0.4, 0.5) is 11.4 Å². The Labute approximate surface area is 306 Å². The van der Waals surface area contributed by atoms with Gasteiger partial charge in [-0.2, -0.15) is 0 Å². The third-order valence-electron chi connectivity index (χ3n) is 11.3. The summed E-state index contributed by atoms with van der Waals surface area (Å²) in [4.78, 5) is 2.54. The smallest absolute Gasteiger partial charge is 0.0555 e. The van der Waals surface area contributed by atoms with Crippen molar-refractivity contribution in [3.05, 3.63) is 187 Å². The second-order valence-electron chi connectivity index (χ2n) is 14.0. The molecule has 0 bridgehead atoms. The van der Waals surface area contributed by atoms with Gasteiger partial charge in [-0.15, -0.1) is 11.3 Å². The summed E-state index contributed by atoms with van der Waals surface area (Å²) in [6.45, 7) is 0.973. The number of fused-ring (bicyclic) bond motifs is 9. The van der Waals surface area contributed by atoms with Gasteiger partial charge in [-0.05, 0) is 76.5 Å². The Morgan fingerprint density at radius 2 is 1.19 bits per heavy atom. The second-order valence-corrected chi connectivity index (χ2v) is 15.0. The molecule has 8 aromatic carbocycles. The van der Waals surface area contributed by atoms with Crippen LogP contribution in [0.15, 0.2) is 176 Å². The number of hydrogen-bond donors (Lipinski definition) is 0. The molecule has 0 spiro atoms. The number of thiophene rings is 1. The fraction of sp³-hybridized carbons (Fsp3) is 0.0612. The molecule has 0 radical (unpaired) electrons. The molecule has 1 atom stereocenters. The van der Waals surface area contributed by atoms with Crippen LogP contribution in [-0.4, -0.2) is 11.1 Å². The molecule has 246 valence electrons. The van der Waals surface area contributed by atoms with Crippen molar-refractivity contribution >= 4 is 75.5 Å². The van der Waals surface area contributed by atoms with Crippen LogP contribution in [0.25, 0.3) is 69.6 Å². The Bertz CT molecular complexity index is 2970. The maximum Gasteiger partial charge on any atom is 0.0555 e. The summed E-state index contributed by atoms with van der Waals surface area (Å²) in [6, 6.07) is 65.0. The number of rotatable bonds is 4. The van der Waals surface area contributed by atoms with E-state index in [1.54, 1.807) is 0 Å². The summed E-state index contributed by atoms with van der Waals surface area (Å²) < 4.78 is 5.14. The number of aromatic nitrogens is 1. The van der Waals surface area contributed by atoms with Crippen molar-refractivity contribution in [2.24, 2.45) is 0 Å². The van der Waals surface area contributed by atoms with Crippen LogP contribution >= 0.6 is 11.3 Å².